The van der Waals surface area contributed by atoms with Crippen molar-refractivity contribution in [3.05, 3.63) is 29.8 Å². The summed E-state index contributed by atoms with van der Waals surface area (Å²) in [6.45, 7) is 2.76. The number of benzene rings is 1. The maximum atomic E-state index is 9.80. The lowest BCUT2D eigenvalue weighted by atomic mass is 9.77. The molecule has 1 unspecified atom stereocenters. The van der Waals surface area contributed by atoms with E-state index < -0.39 is 0 Å². The zero-order valence-corrected chi connectivity index (χ0v) is 8.53. The molecule has 0 amide bonds. The van der Waals surface area contributed by atoms with Crippen LogP contribution in [0.2, 0.25) is 0 Å². The van der Waals surface area contributed by atoms with Crippen LogP contribution in [-0.2, 0) is 5.41 Å². The molecule has 2 heteroatoms. The van der Waals surface area contributed by atoms with Crippen molar-refractivity contribution in [3.63, 3.8) is 0 Å². The molecule has 1 aliphatic rings. The lowest BCUT2D eigenvalue weighted by Crippen LogP contribution is -2.34. The summed E-state index contributed by atoms with van der Waals surface area (Å²) in [5.41, 5.74) is 6.81. The molecule has 1 fully saturated rings. The van der Waals surface area contributed by atoms with Crippen molar-refractivity contribution in [1.29, 1.82) is 0 Å². The van der Waals surface area contributed by atoms with Gasteiger partial charge in [0.15, 0.2) is 0 Å². The first-order chi connectivity index (χ1) is 6.68. The molecule has 0 aromatic heterocycles. The van der Waals surface area contributed by atoms with Crippen LogP contribution >= 0.6 is 0 Å². The van der Waals surface area contributed by atoms with Gasteiger partial charge in [0.2, 0.25) is 0 Å². The van der Waals surface area contributed by atoms with Crippen LogP contribution in [0, 0.1) is 5.92 Å². The van der Waals surface area contributed by atoms with E-state index in [1.165, 1.54) is 12.8 Å². The number of phenols is 1. The average Bonchev–Trinajstić information content (AvgIpc) is 3.01. The average molecular weight is 191 g/mol. The lowest BCUT2D eigenvalue weighted by molar-refractivity contribution is 0.386. The van der Waals surface area contributed by atoms with Crippen molar-refractivity contribution in [2.75, 3.05) is 6.54 Å². The highest BCUT2D eigenvalue weighted by molar-refractivity contribution is 5.39. The Morgan fingerprint density at radius 2 is 2.07 bits per heavy atom. The van der Waals surface area contributed by atoms with Crippen molar-refractivity contribution >= 4 is 0 Å². The molecule has 2 nitrogen and oxygen atoms in total. The number of nitrogens with two attached hydrogens (primary N) is 1. The predicted octanol–water partition coefficient (Wildman–Crippen LogP) is 2.02. The van der Waals surface area contributed by atoms with E-state index in [-0.39, 0.29) is 5.41 Å². The summed E-state index contributed by atoms with van der Waals surface area (Å²) in [5, 5.41) is 9.80. The second-order valence-electron chi connectivity index (χ2n) is 4.41. The van der Waals surface area contributed by atoms with E-state index in [9.17, 15) is 5.11 Å². The summed E-state index contributed by atoms with van der Waals surface area (Å²) in [4.78, 5) is 0. The summed E-state index contributed by atoms with van der Waals surface area (Å²) < 4.78 is 0. The van der Waals surface area contributed by atoms with E-state index in [1.807, 2.05) is 18.2 Å². The van der Waals surface area contributed by atoms with Crippen LogP contribution in [-0.4, -0.2) is 11.7 Å². The van der Waals surface area contributed by atoms with Gasteiger partial charge in [-0.15, -0.1) is 0 Å². The second kappa shape index (κ2) is 3.28. The smallest absolute Gasteiger partial charge is 0.119 e. The number of hydrogen-bond acceptors (Lipinski definition) is 2. The molecule has 3 N–H and O–H groups in total. The number of aromatic hydroxyl groups is 1. The SMILES string of the molecule is CC(CN)(c1ccccc1O)C1CC1. The minimum atomic E-state index is -0.0364. The van der Waals surface area contributed by atoms with Crippen molar-refractivity contribution in [3.8, 4) is 5.75 Å². The van der Waals surface area contributed by atoms with E-state index in [2.05, 4.69) is 6.92 Å². The van der Waals surface area contributed by atoms with E-state index in [1.54, 1.807) is 6.07 Å². The maximum Gasteiger partial charge on any atom is 0.119 e. The Labute approximate surface area is 84.7 Å². The molecule has 2 rings (SSSR count). The summed E-state index contributed by atoms with van der Waals surface area (Å²) in [5.74, 6) is 1.04. The third kappa shape index (κ3) is 1.40. The fourth-order valence-electron chi connectivity index (χ4n) is 2.17. The highest BCUT2D eigenvalue weighted by Crippen LogP contribution is 2.48. The van der Waals surface area contributed by atoms with Crippen molar-refractivity contribution in [2.45, 2.75) is 25.2 Å². The van der Waals surface area contributed by atoms with Crippen LogP contribution < -0.4 is 5.73 Å². The van der Waals surface area contributed by atoms with E-state index >= 15 is 0 Å². The molecular formula is C12H17NO. The van der Waals surface area contributed by atoms with Gasteiger partial charge in [-0.25, -0.2) is 0 Å². The lowest BCUT2D eigenvalue weighted by Gasteiger charge is -2.29. The van der Waals surface area contributed by atoms with Crippen LogP contribution in [0.5, 0.6) is 5.75 Å². The largest absolute Gasteiger partial charge is 0.508 e. The molecule has 1 saturated carbocycles. The van der Waals surface area contributed by atoms with Gasteiger partial charge in [-0.2, -0.15) is 0 Å². The van der Waals surface area contributed by atoms with Gasteiger partial charge in [0.25, 0.3) is 0 Å². The highest BCUT2D eigenvalue weighted by atomic mass is 16.3. The van der Waals surface area contributed by atoms with Crippen LogP contribution in [0.1, 0.15) is 25.3 Å². The summed E-state index contributed by atoms with van der Waals surface area (Å²) in [7, 11) is 0. The Hall–Kier alpha value is -1.02. The first kappa shape index (κ1) is 9.53. The quantitative estimate of drug-likeness (QED) is 0.767. The van der Waals surface area contributed by atoms with E-state index in [4.69, 9.17) is 5.73 Å². The van der Waals surface area contributed by atoms with Crippen LogP contribution in [0.15, 0.2) is 24.3 Å². The maximum absolute atomic E-state index is 9.80. The van der Waals surface area contributed by atoms with Crippen LogP contribution in [0.25, 0.3) is 0 Å². The Morgan fingerprint density at radius 3 is 2.57 bits per heavy atom. The van der Waals surface area contributed by atoms with Gasteiger partial charge < -0.3 is 10.8 Å². The molecule has 1 atom stereocenters. The zero-order chi connectivity index (χ0) is 10.2. The summed E-state index contributed by atoms with van der Waals surface area (Å²) in [6.07, 6.45) is 2.48. The first-order valence-electron chi connectivity index (χ1n) is 5.17. The Bertz CT molecular complexity index is 333. The highest BCUT2D eigenvalue weighted by Gasteiger charge is 2.42. The molecule has 0 spiro atoms. The minimum Gasteiger partial charge on any atom is -0.508 e. The van der Waals surface area contributed by atoms with Crippen molar-refractivity contribution in [1.82, 2.24) is 0 Å². The van der Waals surface area contributed by atoms with Crippen molar-refractivity contribution < 1.29 is 5.11 Å². The molecule has 14 heavy (non-hydrogen) atoms. The van der Waals surface area contributed by atoms with Crippen molar-refractivity contribution in [2.24, 2.45) is 11.7 Å². The number of rotatable bonds is 3. The molecule has 0 radical (unpaired) electrons. The van der Waals surface area contributed by atoms with Gasteiger partial charge in [0.1, 0.15) is 5.75 Å². The number of phenolic OH excluding ortho intramolecular Hbond substituents is 1. The van der Waals surface area contributed by atoms with E-state index in [0.717, 1.165) is 5.56 Å². The summed E-state index contributed by atoms with van der Waals surface area (Å²) >= 11 is 0. The minimum absolute atomic E-state index is 0.0364. The van der Waals surface area contributed by atoms with Gasteiger partial charge in [-0.3, -0.25) is 0 Å². The van der Waals surface area contributed by atoms with Crippen LogP contribution in [0.4, 0.5) is 0 Å². The Balaban J connectivity index is 2.40. The van der Waals surface area contributed by atoms with Crippen LogP contribution in [0.3, 0.4) is 0 Å². The molecule has 0 aliphatic heterocycles. The van der Waals surface area contributed by atoms with Gasteiger partial charge in [0, 0.05) is 17.5 Å². The predicted molar refractivity (Wildman–Crippen MR) is 57.2 cm³/mol. The number of para-hydroxylation sites is 1. The first-order valence-corrected chi connectivity index (χ1v) is 5.17. The third-order valence-corrected chi connectivity index (χ3v) is 3.42. The fourth-order valence-corrected chi connectivity index (χ4v) is 2.17. The molecular weight excluding hydrogens is 174 g/mol. The Morgan fingerprint density at radius 1 is 1.43 bits per heavy atom. The molecule has 1 aromatic carbocycles. The van der Waals surface area contributed by atoms with Gasteiger partial charge >= 0.3 is 0 Å². The molecule has 0 heterocycles. The van der Waals surface area contributed by atoms with Gasteiger partial charge in [-0.1, -0.05) is 25.1 Å². The second-order valence-corrected chi connectivity index (χ2v) is 4.41. The normalized spacial score (nSPS) is 20.4. The summed E-state index contributed by atoms with van der Waals surface area (Å²) in [6, 6.07) is 7.54. The fraction of sp³-hybridized carbons (Fsp3) is 0.500. The monoisotopic (exact) mass is 191 g/mol. The Kier molecular flexibility index (Phi) is 2.23. The molecule has 0 saturated heterocycles. The molecule has 0 bridgehead atoms. The molecule has 1 aromatic rings. The zero-order valence-electron chi connectivity index (χ0n) is 8.53. The van der Waals surface area contributed by atoms with E-state index in [0.29, 0.717) is 18.2 Å². The van der Waals surface area contributed by atoms with Gasteiger partial charge in [0.05, 0.1) is 0 Å². The van der Waals surface area contributed by atoms with Gasteiger partial charge in [-0.05, 0) is 24.8 Å². The molecule has 76 valence electrons. The number of hydrogen-bond donors (Lipinski definition) is 2. The topological polar surface area (TPSA) is 46.2 Å². The molecule has 1 aliphatic carbocycles. The standard InChI is InChI=1S/C12H17NO/c1-12(8-13,9-6-7-9)10-4-2-3-5-11(10)14/h2-5,9,14H,6-8,13H2,1H3. The third-order valence-electron chi connectivity index (χ3n) is 3.42.